The van der Waals surface area contributed by atoms with Crippen LogP contribution in [0.4, 0.5) is 11.4 Å². The molecule has 1 saturated heterocycles. The average Bonchev–Trinajstić information content (AvgIpc) is 3.34. The molecule has 0 spiro atoms. The zero-order chi connectivity index (χ0) is 21.5. The number of aromatic nitrogens is 1. The molecule has 32 heavy (non-hydrogen) atoms. The van der Waals surface area contributed by atoms with Gasteiger partial charge in [0.1, 0.15) is 19.4 Å². The molecule has 3 unspecified atom stereocenters. The van der Waals surface area contributed by atoms with Crippen LogP contribution < -0.4 is 30.5 Å². The van der Waals surface area contributed by atoms with E-state index in [0.717, 1.165) is 16.9 Å². The third kappa shape index (κ3) is 3.16. The van der Waals surface area contributed by atoms with Crippen molar-refractivity contribution in [2.75, 3.05) is 30.0 Å². The Morgan fingerprint density at radius 2 is 1.88 bits per heavy atom. The highest BCUT2D eigenvalue weighted by molar-refractivity contribution is 6.12. The third-order valence-corrected chi connectivity index (χ3v) is 6.23. The summed E-state index contributed by atoms with van der Waals surface area (Å²) in [5, 5.41) is 3.63. The van der Waals surface area contributed by atoms with Crippen molar-refractivity contribution in [1.82, 2.24) is 15.8 Å². The molecule has 3 N–H and O–H groups in total. The molecule has 1 amide bonds. The van der Waals surface area contributed by atoms with Crippen LogP contribution in [0.3, 0.4) is 0 Å². The summed E-state index contributed by atoms with van der Waals surface area (Å²) in [6.07, 6.45) is 3.35. The van der Waals surface area contributed by atoms with Gasteiger partial charge in [-0.25, -0.2) is 5.43 Å². The number of hydrogen-bond acceptors (Lipinski definition) is 7. The minimum Gasteiger partial charge on any atom is -0.486 e. The second-order valence-electron chi connectivity index (χ2n) is 8.09. The van der Waals surface area contributed by atoms with E-state index in [0.29, 0.717) is 36.8 Å². The summed E-state index contributed by atoms with van der Waals surface area (Å²) < 4.78 is 11.5. The summed E-state index contributed by atoms with van der Waals surface area (Å²) in [6.45, 7) is 1.71. The monoisotopic (exact) mass is 429 g/mol. The summed E-state index contributed by atoms with van der Waals surface area (Å²) in [6, 6.07) is 17.3. The number of hydrogen-bond donors (Lipinski definition) is 3. The van der Waals surface area contributed by atoms with Gasteiger partial charge in [0, 0.05) is 36.6 Å². The van der Waals surface area contributed by atoms with Crippen molar-refractivity contribution in [1.29, 1.82) is 0 Å². The van der Waals surface area contributed by atoms with Crippen LogP contribution in [0.2, 0.25) is 0 Å². The first-order valence-corrected chi connectivity index (χ1v) is 10.8. The maximum atomic E-state index is 13.8. The Morgan fingerprint density at radius 3 is 2.75 bits per heavy atom. The van der Waals surface area contributed by atoms with Gasteiger partial charge in [-0.05, 0) is 35.9 Å². The Balaban J connectivity index is 1.44. The fourth-order valence-corrected chi connectivity index (χ4v) is 4.73. The number of pyridine rings is 1. The molecule has 4 heterocycles. The maximum Gasteiger partial charge on any atom is 0.262 e. The number of hydrazine groups is 1. The van der Waals surface area contributed by atoms with Gasteiger partial charge in [-0.15, -0.1) is 0 Å². The number of amides is 1. The van der Waals surface area contributed by atoms with Gasteiger partial charge in [0.05, 0.1) is 17.3 Å². The lowest BCUT2D eigenvalue weighted by Gasteiger charge is -2.42. The smallest absolute Gasteiger partial charge is 0.262 e. The number of fused-ring (bicyclic) bond motifs is 2. The van der Waals surface area contributed by atoms with Crippen molar-refractivity contribution in [2.24, 2.45) is 5.92 Å². The predicted octanol–water partition coefficient (Wildman–Crippen LogP) is 2.72. The van der Waals surface area contributed by atoms with Crippen LogP contribution in [0.1, 0.15) is 22.0 Å². The quantitative estimate of drug-likeness (QED) is 0.590. The SMILES string of the molecule is O=C1c2ccccc2NC(C2CNNC2c2cccnc2)N1c1ccc2c(c1)OCCO2. The summed E-state index contributed by atoms with van der Waals surface area (Å²) in [5.41, 5.74) is 9.97. The van der Waals surface area contributed by atoms with Crippen molar-refractivity contribution in [3.05, 3.63) is 78.1 Å². The lowest BCUT2D eigenvalue weighted by atomic mass is 9.90. The summed E-state index contributed by atoms with van der Waals surface area (Å²) >= 11 is 0. The van der Waals surface area contributed by atoms with E-state index in [-0.39, 0.29) is 24.0 Å². The lowest BCUT2D eigenvalue weighted by molar-refractivity contribution is 0.0965. The molecule has 162 valence electrons. The molecule has 2 aromatic carbocycles. The van der Waals surface area contributed by atoms with Gasteiger partial charge in [0.2, 0.25) is 0 Å². The zero-order valence-corrected chi connectivity index (χ0v) is 17.3. The van der Waals surface area contributed by atoms with Crippen LogP contribution in [0.5, 0.6) is 11.5 Å². The number of nitrogens with zero attached hydrogens (tertiary/aromatic N) is 2. The first-order chi connectivity index (χ1) is 15.8. The minimum atomic E-state index is -0.285. The topological polar surface area (TPSA) is 87.8 Å². The van der Waals surface area contributed by atoms with Crippen LogP contribution in [0, 0.1) is 5.92 Å². The Morgan fingerprint density at radius 1 is 1.00 bits per heavy atom. The molecule has 3 aromatic rings. The molecule has 1 fully saturated rings. The van der Waals surface area contributed by atoms with Crippen LogP contribution in [-0.2, 0) is 0 Å². The standard InChI is InChI=1S/C24H23N5O3/c30-24-17-5-1-2-6-19(17)27-23(18-14-26-28-22(18)15-4-3-9-25-13-15)29(24)16-7-8-20-21(12-16)32-11-10-31-20/h1-9,12-13,18,22-23,26-28H,10-11,14H2. The molecule has 3 atom stereocenters. The van der Waals surface area contributed by atoms with Crippen molar-refractivity contribution in [2.45, 2.75) is 12.2 Å². The highest BCUT2D eigenvalue weighted by atomic mass is 16.6. The van der Waals surface area contributed by atoms with Gasteiger partial charge in [0.15, 0.2) is 11.5 Å². The molecule has 1 aromatic heterocycles. The lowest BCUT2D eigenvalue weighted by Crippen LogP contribution is -2.54. The summed E-state index contributed by atoms with van der Waals surface area (Å²) in [4.78, 5) is 19.9. The van der Waals surface area contributed by atoms with E-state index in [4.69, 9.17) is 9.47 Å². The normalized spacial score (nSPS) is 24.1. The fraction of sp³-hybridized carbons (Fsp3) is 0.250. The summed E-state index contributed by atoms with van der Waals surface area (Å²) in [7, 11) is 0. The predicted molar refractivity (Wildman–Crippen MR) is 120 cm³/mol. The maximum absolute atomic E-state index is 13.8. The van der Waals surface area contributed by atoms with Gasteiger partial charge >= 0.3 is 0 Å². The summed E-state index contributed by atoms with van der Waals surface area (Å²) in [5.74, 6) is 1.36. The number of para-hydroxylation sites is 1. The number of nitrogens with one attached hydrogen (secondary N) is 3. The second kappa shape index (κ2) is 7.81. The molecule has 6 rings (SSSR count). The molecule has 0 saturated carbocycles. The van der Waals surface area contributed by atoms with Gasteiger partial charge in [-0.3, -0.25) is 20.1 Å². The largest absolute Gasteiger partial charge is 0.486 e. The molecular weight excluding hydrogens is 406 g/mol. The number of rotatable bonds is 3. The van der Waals surface area contributed by atoms with Gasteiger partial charge in [-0.2, -0.15) is 0 Å². The first kappa shape index (κ1) is 19.1. The second-order valence-corrected chi connectivity index (χ2v) is 8.09. The zero-order valence-electron chi connectivity index (χ0n) is 17.3. The molecule has 0 bridgehead atoms. The van der Waals surface area contributed by atoms with Gasteiger partial charge in [-0.1, -0.05) is 18.2 Å². The van der Waals surface area contributed by atoms with Crippen molar-refractivity contribution >= 4 is 17.3 Å². The highest BCUT2D eigenvalue weighted by Gasteiger charge is 2.43. The van der Waals surface area contributed by atoms with E-state index in [1.165, 1.54) is 0 Å². The Labute approximate surface area is 185 Å². The van der Waals surface area contributed by atoms with Crippen LogP contribution >= 0.6 is 0 Å². The molecule has 8 heteroatoms. The van der Waals surface area contributed by atoms with Crippen molar-refractivity contribution < 1.29 is 14.3 Å². The Bertz CT molecular complexity index is 1160. The van der Waals surface area contributed by atoms with E-state index >= 15 is 0 Å². The number of benzene rings is 2. The first-order valence-electron chi connectivity index (χ1n) is 10.8. The Hall–Kier alpha value is -3.62. The van der Waals surface area contributed by atoms with Crippen LogP contribution in [0.15, 0.2) is 67.0 Å². The molecule has 3 aliphatic rings. The van der Waals surface area contributed by atoms with Crippen LogP contribution in [0.25, 0.3) is 0 Å². The van der Waals surface area contributed by atoms with Crippen molar-refractivity contribution in [3.63, 3.8) is 0 Å². The van der Waals surface area contributed by atoms with Gasteiger partial charge < -0.3 is 14.8 Å². The van der Waals surface area contributed by atoms with Crippen molar-refractivity contribution in [3.8, 4) is 11.5 Å². The Kier molecular flexibility index (Phi) is 4.66. The highest BCUT2D eigenvalue weighted by Crippen LogP contribution is 2.40. The van der Waals surface area contributed by atoms with E-state index < -0.39 is 0 Å². The van der Waals surface area contributed by atoms with E-state index in [2.05, 4.69) is 27.2 Å². The number of anilines is 2. The molecular formula is C24H23N5O3. The number of ether oxygens (including phenoxy) is 2. The molecule has 3 aliphatic heterocycles. The minimum absolute atomic E-state index is 0.0148. The molecule has 0 aliphatic carbocycles. The molecule has 0 radical (unpaired) electrons. The molecule has 8 nitrogen and oxygen atoms in total. The van der Waals surface area contributed by atoms with E-state index in [1.54, 1.807) is 6.20 Å². The van der Waals surface area contributed by atoms with Gasteiger partial charge in [0.25, 0.3) is 5.91 Å². The third-order valence-electron chi connectivity index (χ3n) is 6.23. The van der Waals surface area contributed by atoms with E-state index in [1.807, 2.05) is 59.6 Å². The fourth-order valence-electron chi connectivity index (χ4n) is 4.73. The van der Waals surface area contributed by atoms with Crippen LogP contribution in [-0.4, -0.2) is 36.8 Å². The van der Waals surface area contributed by atoms with E-state index in [9.17, 15) is 4.79 Å². The number of carbonyl (C=O) groups excluding carboxylic acids is 1. The number of carbonyl (C=O) groups is 1. The average molecular weight is 429 g/mol.